The Morgan fingerprint density at radius 1 is 1.12 bits per heavy atom. The van der Waals surface area contributed by atoms with Crippen molar-refractivity contribution >= 4 is 28.2 Å². The van der Waals surface area contributed by atoms with Crippen molar-refractivity contribution in [2.75, 3.05) is 62.2 Å². The van der Waals surface area contributed by atoms with E-state index in [1.165, 1.54) is 6.08 Å². The molecule has 1 unspecified atom stereocenters. The zero-order valence-electron chi connectivity index (χ0n) is 23.6. The van der Waals surface area contributed by atoms with Gasteiger partial charge in [0.1, 0.15) is 17.7 Å². The number of nitrogens with zero attached hydrogens (tertiary/aromatic N) is 6. The first kappa shape index (κ1) is 27.3. The van der Waals surface area contributed by atoms with Crippen molar-refractivity contribution in [2.45, 2.75) is 38.5 Å². The highest BCUT2D eigenvalue weighted by Gasteiger charge is 2.30. The number of phenols is 1. The summed E-state index contributed by atoms with van der Waals surface area (Å²) in [5, 5.41) is 22.5. The quantitative estimate of drug-likeness (QED) is 0.424. The molecule has 0 aliphatic carbocycles. The number of likely N-dealkylation sites (tertiary alicyclic amines) is 1. The molecule has 216 valence electrons. The van der Waals surface area contributed by atoms with Crippen LogP contribution in [0, 0.1) is 0 Å². The fraction of sp³-hybridized carbons (Fsp3) is 0.452. The third kappa shape index (κ3) is 5.80. The minimum Gasteiger partial charge on any atom is -0.508 e. The van der Waals surface area contributed by atoms with Crippen molar-refractivity contribution in [3.63, 3.8) is 0 Å². The van der Waals surface area contributed by atoms with Gasteiger partial charge in [0.05, 0.1) is 18.3 Å². The zero-order valence-corrected chi connectivity index (χ0v) is 23.6. The van der Waals surface area contributed by atoms with Crippen molar-refractivity contribution in [3.05, 3.63) is 60.3 Å². The number of aliphatic hydroxyl groups excluding tert-OH is 1. The van der Waals surface area contributed by atoms with E-state index < -0.39 is 0 Å². The number of carbonyl (C=O) groups excluding carboxylic acids is 1. The molecular weight excluding hydrogens is 520 g/mol. The summed E-state index contributed by atoms with van der Waals surface area (Å²) in [6, 6.07) is 12.1. The Morgan fingerprint density at radius 3 is 2.68 bits per heavy atom. The number of amides is 1. The zero-order chi connectivity index (χ0) is 28.5. The Labute approximate surface area is 240 Å². The van der Waals surface area contributed by atoms with E-state index in [1.807, 2.05) is 36.1 Å². The summed E-state index contributed by atoms with van der Waals surface area (Å²) < 4.78 is 6.31. The normalized spacial score (nSPS) is 20.2. The van der Waals surface area contributed by atoms with Gasteiger partial charge in [0.25, 0.3) is 0 Å². The second-order valence-corrected chi connectivity index (χ2v) is 11.3. The van der Waals surface area contributed by atoms with E-state index in [1.54, 1.807) is 6.07 Å². The Morgan fingerprint density at radius 2 is 1.93 bits per heavy atom. The van der Waals surface area contributed by atoms with Crippen molar-refractivity contribution in [1.82, 2.24) is 19.8 Å². The van der Waals surface area contributed by atoms with Crippen LogP contribution in [-0.2, 0) is 17.8 Å². The molecule has 0 radical (unpaired) electrons. The number of aromatic nitrogens is 2. The fourth-order valence-corrected chi connectivity index (χ4v) is 6.27. The van der Waals surface area contributed by atoms with Crippen LogP contribution in [0.25, 0.3) is 10.8 Å². The number of hydrogen-bond donors (Lipinski definition) is 2. The molecule has 4 heterocycles. The van der Waals surface area contributed by atoms with Gasteiger partial charge in [-0.15, -0.1) is 0 Å². The maximum absolute atomic E-state index is 12.2. The van der Waals surface area contributed by atoms with Crippen LogP contribution in [0.15, 0.2) is 49.1 Å². The first-order valence-electron chi connectivity index (χ1n) is 14.5. The van der Waals surface area contributed by atoms with Gasteiger partial charge in [-0.25, -0.2) is 0 Å². The molecule has 2 aromatic carbocycles. The SMILES string of the molecule is C=CC(=O)N1CCN(c2nc(OC(C)CN3CC[C@H](O)C3)nc3c2CCN(c2cc(O)cc4ccccc24)C3)CC1. The number of piperazine rings is 1. The fourth-order valence-electron chi connectivity index (χ4n) is 6.27. The van der Waals surface area contributed by atoms with Crippen LogP contribution in [0.1, 0.15) is 24.6 Å². The Balaban J connectivity index is 1.29. The van der Waals surface area contributed by atoms with Gasteiger partial charge < -0.3 is 29.6 Å². The van der Waals surface area contributed by atoms with Crippen molar-refractivity contribution in [1.29, 1.82) is 0 Å². The molecule has 10 heteroatoms. The number of benzene rings is 2. The summed E-state index contributed by atoms with van der Waals surface area (Å²) in [5.41, 5.74) is 3.00. The van der Waals surface area contributed by atoms with E-state index in [0.29, 0.717) is 51.8 Å². The second-order valence-electron chi connectivity index (χ2n) is 11.3. The average Bonchev–Trinajstić information content (AvgIpc) is 3.39. The Bertz CT molecular complexity index is 1440. The summed E-state index contributed by atoms with van der Waals surface area (Å²) in [5.74, 6) is 1.07. The first-order valence-corrected chi connectivity index (χ1v) is 14.5. The molecule has 1 amide bonds. The van der Waals surface area contributed by atoms with Crippen LogP contribution in [0.2, 0.25) is 0 Å². The summed E-state index contributed by atoms with van der Waals surface area (Å²) >= 11 is 0. The van der Waals surface area contributed by atoms with Crippen molar-refractivity contribution in [2.24, 2.45) is 0 Å². The highest BCUT2D eigenvalue weighted by atomic mass is 16.5. The summed E-state index contributed by atoms with van der Waals surface area (Å²) in [4.78, 5) is 30.6. The number of hydrogen-bond acceptors (Lipinski definition) is 9. The van der Waals surface area contributed by atoms with Gasteiger partial charge >= 0.3 is 6.01 Å². The predicted molar refractivity (Wildman–Crippen MR) is 159 cm³/mol. The number of phenolic OH excluding ortho intramolecular Hbond substituents is 1. The van der Waals surface area contributed by atoms with Crippen LogP contribution in [-0.4, -0.2) is 100 Å². The van der Waals surface area contributed by atoms with E-state index in [4.69, 9.17) is 14.7 Å². The van der Waals surface area contributed by atoms with Gasteiger partial charge in [-0.1, -0.05) is 30.8 Å². The minimum absolute atomic E-state index is 0.0479. The van der Waals surface area contributed by atoms with Crippen LogP contribution >= 0.6 is 0 Å². The molecule has 10 nitrogen and oxygen atoms in total. The Kier molecular flexibility index (Phi) is 7.68. The molecule has 2 fully saturated rings. The van der Waals surface area contributed by atoms with E-state index >= 15 is 0 Å². The molecule has 3 aliphatic heterocycles. The molecule has 0 saturated carbocycles. The van der Waals surface area contributed by atoms with E-state index in [0.717, 1.165) is 59.5 Å². The standard InChI is InChI=1S/C31H38N6O4/c1-3-29(40)35-12-14-36(15-13-35)30-26-9-11-37(28-17-24(39)16-22-6-4-5-7-25(22)28)20-27(26)32-31(33-30)41-21(2)18-34-10-8-23(38)19-34/h3-7,16-17,21,23,38-39H,1,8-15,18-20H2,2H3/t21?,23-/m0/s1. The lowest BCUT2D eigenvalue weighted by atomic mass is 10.0. The molecule has 3 aromatic rings. The number of aromatic hydroxyl groups is 1. The predicted octanol–water partition coefficient (Wildman–Crippen LogP) is 2.57. The van der Waals surface area contributed by atoms with E-state index in [9.17, 15) is 15.0 Å². The lowest BCUT2D eigenvalue weighted by molar-refractivity contribution is -0.126. The molecule has 0 bridgehead atoms. The van der Waals surface area contributed by atoms with Crippen LogP contribution in [0.5, 0.6) is 11.8 Å². The molecule has 6 rings (SSSR count). The maximum Gasteiger partial charge on any atom is 0.318 e. The number of ether oxygens (including phenoxy) is 1. The largest absolute Gasteiger partial charge is 0.508 e. The highest BCUT2D eigenvalue weighted by molar-refractivity contribution is 5.95. The van der Waals surface area contributed by atoms with Gasteiger partial charge in [0.15, 0.2) is 0 Å². The highest BCUT2D eigenvalue weighted by Crippen LogP contribution is 2.36. The topological polar surface area (TPSA) is 106 Å². The third-order valence-corrected chi connectivity index (χ3v) is 8.32. The van der Waals surface area contributed by atoms with Gasteiger partial charge in [-0.2, -0.15) is 9.97 Å². The number of β-amino-alcohol motifs (C(OH)–C–C–N with tert-alkyl or cyclic N) is 1. The molecule has 41 heavy (non-hydrogen) atoms. The van der Waals surface area contributed by atoms with Crippen LogP contribution in [0.3, 0.4) is 0 Å². The average molecular weight is 559 g/mol. The summed E-state index contributed by atoms with van der Waals surface area (Å²) in [6.45, 7) is 11.7. The lowest BCUT2D eigenvalue weighted by Crippen LogP contribution is -2.49. The van der Waals surface area contributed by atoms with Gasteiger partial charge in [0, 0.05) is 75.1 Å². The summed E-state index contributed by atoms with van der Waals surface area (Å²) in [6.07, 6.45) is 2.48. The smallest absolute Gasteiger partial charge is 0.318 e. The minimum atomic E-state index is -0.278. The van der Waals surface area contributed by atoms with Gasteiger partial charge in [-0.3, -0.25) is 9.69 Å². The molecular formula is C31H38N6O4. The maximum atomic E-state index is 12.2. The number of fused-ring (bicyclic) bond motifs is 2. The van der Waals surface area contributed by atoms with E-state index in [-0.39, 0.29) is 23.9 Å². The number of rotatable bonds is 7. The second kappa shape index (κ2) is 11.5. The van der Waals surface area contributed by atoms with Gasteiger partial charge in [0.2, 0.25) is 5.91 Å². The lowest BCUT2D eigenvalue weighted by Gasteiger charge is -2.38. The molecule has 2 atom stereocenters. The van der Waals surface area contributed by atoms with Crippen LogP contribution < -0.4 is 14.5 Å². The molecule has 3 aliphatic rings. The third-order valence-electron chi connectivity index (χ3n) is 8.32. The first-order chi connectivity index (χ1) is 19.9. The van der Waals surface area contributed by atoms with E-state index in [2.05, 4.69) is 27.3 Å². The summed E-state index contributed by atoms with van der Waals surface area (Å²) in [7, 11) is 0. The van der Waals surface area contributed by atoms with Crippen molar-refractivity contribution in [3.8, 4) is 11.8 Å². The number of carbonyl (C=O) groups is 1. The number of anilines is 2. The van der Waals surface area contributed by atoms with Crippen LogP contribution in [0.4, 0.5) is 11.5 Å². The van der Waals surface area contributed by atoms with Gasteiger partial charge in [-0.05, 0) is 37.3 Å². The Hall–Kier alpha value is -3.89. The molecule has 0 spiro atoms. The monoisotopic (exact) mass is 558 g/mol. The molecule has 2 N–H and O–H groups in total. The molecule has 2 saturated heterocycles. The molecule has 1 aromatic heterocycles. The number of aliphatic hydroxyl groups is 1. The van der Waals surface area contributed by atoms with Crippen molar-refractivity contribution < 1.29 is 19.7 Å².